The highest BCUT2D eigenvalue weighted by molar-refractivity contribution is 8.01. The van der Waals surface area contributed by atoms with Crippen molar-refractivity contribution < 1.29 is 9.59 Å². The van der Waals surface area contributed by atoms with Crippen LogP contribution in [0.5, 0.6) is 0 Å². The SMILES string of the molecule is O=C1CSCc2cccc(c2)CSCC(=O)CSCc2cccc(c2)CSC1. The standard InChI is InChI=1S/C22H24O2S4/c23-21-13-25-9-17-3-1-4-18(7-17)10-26-14-22(24)16-28-12-20-6-2-5-19(8-20)11-27-15-21/h1-8H,9-16H2. The maximum Gasteiger partial charge on any atom is 0.152 e. The van der Waals surface area contributed by atoms with Crippen molar-refractivity contribution in [3.05, 3.63) is 70.8 Å². The third-order valence-corrected chi connectivity index (χ3v) is 8.36. The largest absolute Gasteiger partial charge is 0.298 e. The lowest BCUT2D eigenvalue weighted by molar-refractivity contribution is -0.115. The van der Waals surface area contributed by atoms with E-state index in [0.29, 0.717) is 34.6 Å². The lowest BCUT2D eigenvalue weighted by Gasteiger charge is -2.08. The molecular weight excluding hydrogens is 425 g/mol. The summed E-state index contributed by atoms with van der Waals surface area (Å²) in [5.41, 5.74) is 4.99. The topological polar surface area (TPSA) is 34.1 Å². The Balaban J connectivity index is 1.62. The van der Waals surface area contributed by atoms with Crippen LogP contribution in [0.25, 0.3) is 0 Å². The second kappa shape index (κ2) is 12.0. The van der Waals surface area contributed by atoms with Crippen molar-refractivity contribution in [2.45, 2.75) is 23.0 Å². The zero-order valence-electron chi connectivity index (χ0n) is 15.7. The molecule has 1 heterocycles. The van der Waals surface area contributed by atoms with Crippen LogP contribution in [0.1, 0.15) is 22.3 Å². The molecule has 0 fully saturated rings. The van der Waals surface area contributed by atoms with Crippen LogP contribution in [0.2, 0.25) is 0 Å². The number of carbonyl (C=O) groups excluding carboxylic acids is 2. The lowest BCUT2D eigenvalue weighted by Crippen LogP contribution is -2.06. The highest BCUT2D eigenvalue weighted by Gasteiger charge is 2.07. The van der Waals surface area contributed by atoms with E-state index in [2.05, 4.69) is 48.5 Å². The molecule has 2 aromatic rings. The third kappa shape index (κ3) is 7.90. The van der Waals surface area contributed by atoms with Crippen LogP contribution in [0.4, 0.5) is 0 Å². The third-order valence-electron chi connectivity index (χ3n) is 4.11. The molecule has 0 radical (unpaired) electrons. The van der Waals surface area contributed by atoms with Gasteiger partial charge in [-0.25, -0.2) is 0 Å². The quantitative estimate of drug-likeness (QED) is 0.531. The first-order valence-corrected chi connectivity index (χ1v) is 13.8. The van der Waals surface area contributed by atoms with Gasteiger partial charge in [0.25, 0.3) is 0 Å². The first-order valence-electron chi connectivity index (χ1n) is 9.19. The molecule has 28 heavy (non-hydrogen) atoms. The summed E-state index contributed by atoms with van der Waals surface area (Å²) in [6, 6.07) is 17.0. The van der Waals surface area contributed by atoms with Crippen molar-refractivity contribution in [2.24, 2.45) is 0 Å². The van der Waals surface area contributed by atoms with Gasteiger partial charge >= 0.3 is 0 Å². The van der Waals surface area contributed by atoms with E-state index in [4.69, 9.17) is 0 Å². The number of carbonyl (C=O) groups is 2. The second-order valence-electron chi connectivity index (χ2n) is 6.69. The van der Waals surface area contributed by atoms with Crippen LogP contribution in [-0.2, 0) is 32.6 Å². The summed E-state index contributed by atoms with van der Waals surface area (Å²) in [5, 5.41) is 0. The van der Waals surface area contributed by atoms with Gasteiger partial charge < -0.3 is 0 Å². The molecule has 0 saturated heterocycles. The van der Waals surface area contributed by atoms with E-state index in [0.717, 1.165) is 23.0 Å². The summed E-state index contributed by atoms with van der Waals surface area (Å²) in [7, 11) is 0. The minimum Gasteiger partial charge on any atom is -0.298 e. The number of hydrogen-bond donors (Lipinski definition) is 0. The fourth-order valence-corrected chi connectivity index (χ4v) is 6.48. The Labute approximate surface area is 184 Å². The number of Topliss-reactive ketones (excluding diaryl/α,β-unsaturated/α-hetero) is 2. The molecule has 0 atom stereocenters. The van der Waals surface area contributed by atoms with Gasteiger partial charge in [-0.3, -0.25) is 9.59 Å². The zero-order valence-corrected chi connectivity index (χ0v) is 19.0. The predicted molar refractivity (Wildman–Crippen MR) is 128 cm³/mol. The molecule has 0 aliphatic carbocycles. The van der Waals surface area contributed by atoms with E-state index < -0.39 is 0 Å². The van der Waals surface area contributed by atoms with Crippen LogP contribution in [0.15, 0.2) is 48.5 Å². The molecule has 148 valence electrons. The van der Waals surface area contributed by atoms with Gasteiger partial charge in [0.15, 0.2) is 11.6 Å². The average molecular weight is 449 g/mol. The summed E-state index contributed by atoms with van der Waals surface area (Å²) in [6.45, 7) is 0. The van der Waals surface area contributed by atoms with Crippen LogP contribution in [-0.4, -0.2) is 34.6 Å². The Kier molecular flexibility index (Phi) is 9.38. The van der Waals surface area contributed by atoms with Crippen molar-refractivity contribution >= 4 is 58.6 Å². The molecule has 3 rings (SSSR count). The molecule has 0 N–H and O–H groups in total. The van der Waals surface area contributed by atoms with E-state index in [1.54, 1.807) is 47.0 Å². The molecule has 0 unspecified atom stereocenters. The van der Waals surface area contributed by atoms with Gasteiger partial charge in [0.1, 0.15) is 0 Å². The molecule has 1 aliphatic rings. The molecule has 0 saturated carbocycles. The maximum absolute atomic E-state index is 12.2. The predicted octanol–water partition coefficient (Wildman–Crippen LogP) is 5.47. The minimum atomic E-state index is 0.307. The fraction of sp³-hybridized carbons (Fsp3) is 0.364. The summed E-state index contributed by atoms with van der Waals surface area (Å²) in [4.78, 5) is 24.3. The lowest BCUT2D eigenvalue weighted by atomic mass is 10.2. The molecule has 6 heteroatoms. The van der Waals surface area contributed by atoms with E-state index in [9.17, 15) is 9.59 Å². The Morgan fingerprint density at radius 3 is 1.04 bits per heavy atom. The first-order chi connectivity index (χ1) is 13.7. The number of hydrogen-bond acceptors (Lipinski definition) is 6. The van der Waals surface area contributed by atoms with Gasteiger partial charge in [0, 0.05) is 23.0 Å². The Bertz CT molecular complexity index is 685. The Morgan fingerprint density at radius 1 is 0.464 bits per heavy atom. The molecule has 2 aromatic carbocycles. The van der Waals surface area contributed by atoms with Gasteiger partial charge in [0.05, 0.1) is 23.0 Å². The van der Waals surface area contributed by atoms with Crippen molar-refractivity contribution in [3.8, 4) is 0 Å². The fourth-order valence-electron chi connectivity index (χ4n) is 2.83. The number of benzene rings is 2. The molecule has 4 bridgehead atoms. The van der Waals surface area contributed by atoms with E-state index in [1.807, 2.05) is 0 Å². The van der Waals surface area contributed by atoms with Gasteiger partial charge in [-0.1, -0.05) is 48.5 Å². The highest BCUT2D eigenvalue weighted by atomic mass is 32.2. The molecule has 1 aliphatic heterocycles. The van der Waals surface area contributed by atoms with Crippen molar-refractivity contribution in [3.63, 3.8) is 0 Å². The normalized spacial score (nSPS) is 17.9. The summed E-state index contributed by atoms with van der Waals surface area (Å²) in [6.07, 6.45) is 0. The van der Waals surface area contributed by atoms with E-state index >= 15 is 0 Å². The van der Waals surface area contributed by atoms with Crippen molar-refractivity contribution in [2.75, 3.05) is 23.0 Å². The summed E-state index contributed by atoms with van der Waals surface area (Å²) >= 11 is 6.75. The summed E-state index contributed by atoms with van der Waals surface area (Å²) in [5.74, 6) is 6.29. The number of rotatable bonds is 0. The van der Waals surface area contributed by atoms with E-state index in [-0.39, 0.29) is 0 Å². The van der Waals surface area contributed by atoms with Crippen molar-refractivity contribution in [1.82, 2.24) is 0 Å². The zero-order chi connectivity index (χ0) is 19.6. The number of ketones is 2. The van der Waals surface area contributed by atoms with Gasteiger partial charge in [0.2, 0.25) is 0 Å². The first kappa shape index (κ1) is 21.9. The second-order valence-corrected chi connectivity index (χ2v) is 10.6. The highest BCUT2D eigenvalue weighted by Crippen LogP contribution is 2.21. The monoisotopic (exact) mass is 448 g/mol. The van der Waals surface area contributed by atoms with Crippen LogP contribution < -0.4 is 0 Å². The number of fused-ring (bicyclic) bond motifs is 4. The van der Waals surface area contributed by atoms with Gasteiger partial charge in [-0.2, -0.15) is 0 Å². The maximum atomic E-state index is 12.2. The van der Waals surface area contributed by atoms with Gasteiger partial charge in [-0.15, -0.1) is 47.0 Å². The Morgan fingerprint density at radius 2 is 0.750 bits per heavy atom. The molecule has 0 spiro atoms. The molecule has 0 aromatic heterocycles. The average Bonchev–Trinajstić information content (AvgIpc) is 2.68. The van der Waals surface area contributed by atoms with Gasteiger partial charge in [-0.05, 0) is 22.3 Å². The summed E-state index contributed by atoms with van der Waals surface area (Å²) < 4.78 is 0. The minimum absolute atomic E-state index is 0.307. The molecule has 0 amide bonds. The Hall–Kier alpha value is -0.820. The van der Waals surface area contributed by atoms with Crippen LogP contribution in [0, 0.1) is 0 Å². The molecule has 2 nitrogen and oxygen atoms in total. The number of thioether (sulfide) groups is 4. The van der Waals surface area contributed by atoms with Crippen LogP contribution in [0.3, 0.4) is 0 Å². The smallest absolute Gasteiger partial charge is 0.152 e. The molecular formula is C22H24O2S4. The van der Waals surface area contributed by atoms with Crippen LogP contribution >= 0.6 is 47.0 Å². The van der Waals surface area contributed by atoms with E-state index in [1.165, 1.54) is 22.3 Å². The van der Waals surface area contributed by atoms with Crippen molar-refractivity contribution in [1.29, 1.82) is 0 Å².